The maximum atomic E-state index is 12.5. The predicted octanol–water partition coefficient (Wildman–Crippen LogP) is 3.31. The Labute approximate surface area is 141 Å². The Morgan fingerprint density at radius 1 is 1.04 bits per heavy atom. The highest BCUT2D eigenvalue weighted by molar-refractivity contribution is 5.95. The van der Waals surface area contributed by atoms with E-state index in [-0.39, 0.29) is 18.4 Å². The summed E-state index contributed by atoms with van der Waals surface area (Å²) in [5.74, 6) is -0.0125. The Hall–Kier alpha value is -2.66. The molecular formula is C19H22N2O3. The lowest BCUT2D eigenvalue weighted by molar-refractivity contribution is 0.101. The monoisotopic (exact) mass is 326 g/mol. The maximum absolute atomic E-state index is 12.5. The second-order valence-corrected chi connectivity index (χ2v) is 5.55. The number of nitrogens with one attached hydrogen (secondary N) is 1. The van der Waals surface area contributed by atoms with Gasteiger partial charge in [0.25, 0.3) is 0 Å². The normalized spacial score (nSPS) is 10.2. The third-order valence-electron chi connectivity index (χ3n) is 3.63. The van der Waals surface area contributed by atoms with Crippen molar-refractivity contribution in [1.29, 1.82) is 0 Å². The molecule has 0 heterocycles. The highest BCUT2D eigenvalue weighted by Gasteiger charge is 2.14. The van der Waals surface area contributed by atoms with Gasteiger partial charge in [-0.15, -0.1) is 0 Å². The summed E-state index contributed by atoms with van der Waals surface area (Å²) in [7, 11) is 0. The Morgan fingerprint density at radius 3 is 2.29 bits per heavy atom. The van der Waals surface area contributed by atoms with Crippen LogP contribution in [0.3, 0.4) is 0 Å². The van der Waals surface area contributed by atoms with Crippen molar-refractivity contribution in [2.45, 2.75) is 19.9 Å². The number of amides is 2. The number of urea groups is 1. The Kier molecular flexibility index (Phi) is 6.51. The van der Waals surface area contributed by atoms with Gasteiger partial charge in [0.15, 0.2) is 5.78 Å². The number of benzene rings is 2. The molecule has 0 unspecified atom stereocenters. The molecule has 0 bridgehead atoms. The Bertz CT molecular complexity index is 669. The van der Waals surface area contributed by atoms with Gasteiger partial charge in [-0.25, -0.2) is 4.79 Å². The van der Waals surface area contributed by atoms with E-state index in [9.17, 15) is 9.59 Å². The predicted molar refractivity (Wildman–Crippen MR) is 94.0 cm³/mol. The number of rotatable bonds is 7. The lowest BCUT2D eigenvalue weighted by Gasteiger charge is -2.23. The van der Waals surface area contributed by atoms with Gasteiger partial charge in [-0.3, -0.25) is 4.79 Å². The summed E-state index contributed by atoms with van der Waals surface area (Å²) in [6.07, 6.45) is 0.517. The zero-order valence-electron chi connectivity index (χ0n) is 13.7. The van der Waals surface area contributed by atoms with Crippen LogP contribution in [0.4, 0.5) is 10.5 Å². The lowest BCUT2D eigenvalue weighted by atomic mass is 10.1. The van der Waals surface area contributed by atoms with Crippen molar-refractivity contribution < 1.29 is 14.7 Å². The van der Waals surface area contributed by atoms with Gasteiger partial charge in [0.2, 0.25) is 0 Å². The molecule has 2 N–H and O–H groups in total. The van der Waals surface area contributed by atoms with Gasteiger partial charge in [-0.2, -0.15) is 0 Å². The molecule has 2 aromatic rings. The number of Topliss-reactive ketones (excluding diaryl/α,β-unsaturated/α-hetero) is 1. The summed E-state index contributed by atoms with van der Waals surface area (Å²) in [6.45, 7) is 2.47. The van der Waals surface area contributed by atoms with Crippen LogP contribution in [-0.4, -0.2) is 35.0 Å². The molecular weight excluding hydrogens is 304 g/mol. The molecule has 2 amide bonds. The van der Waals surface area contributed by atoms with Crippen LogP contribution in [0.1, 0.15) is 29.3 Å². The minimum Gasteiger partial charge on any atom is -0.396 e. The van der Waals surface area contributed by atoms with Gasteiger partial charge in [-0.1, -0.05) is 30.3 Å². The van der Waals surface area contributed by atoms with Crippen LogP contribution in [-0.2, 0) is 6.54 Å². The van der Waals surface area contributed by atoms with Crippen LogP contribution in [0, 0.1) is 0 Å². The summed E-state index contributed by atoms with van der Waals surface area (Å²) in [6, 6.07) is 16.3. The molecule has 0 aliphatic heterocycles. The van der Waals surface area contributed by atoms with E-state index in [1.807, 2.05) is 30.3 Å². The summed E-state index contributed by atoms with van der Waals surface area (Å²) in [5.41, 5.74) is 2.26. The second-order valence-electron chi connectivity index (χ2n) is 5.55. The third kappa shape index (κ3) is 5.21. The summed E-state index contributed by atoms with van der Waals surface area (Å²) < 4.78 is 0. The van der Waals surface area contributed by atoms with Gasteiger partial charge in [0, 0.05) is 30.9 Å². The highest BCUT2D eigenvalue weighted by atomic mass is 16.3. The molecule has 0 radical (unpaired) electrons. The topological polar surface area (TPSA) is 69.6 Å². The van der Waals surface area contributed by atoms with Crippen molar-refractivity contribution in [3.8, 4) is 0 Å². The average molecular weight is 326 g/mol. The third-order valence-corrected chi connectivity index (χ3v) is 3.63. The van der Waals surface area contributed by atoms with E-state index in [4.69, 9.17) is 5.11 Å². The molecule has 2 rings (SSSR count). The minimum absolute atomic E-state index is 0.0125. The first kappa shape index (κ1) is 17.7. The number of anilines is 1. The molecule has 0 aliphatic rings. The van der Waals surface area contributed by atoms with Gasteiger partial charge in [0.05, 0.1) is 0 Å². The molecule has 5 nitrogen and oxygen atoms in total. The van der Waals surface area contributed by atoms with Crippen LogP contribution in [0.2, 0.25) is 0 Å². The fourth-order valence-electron chi connectivity index (χ4n) is 2.31. The second kappa shape index (κ2) is 8.84. The highest BCUT2D eigenvalue weighted by Crippen LogP contribution is 2.12. The zero-order chi connectivity index (χ0) is 17.4. The van der Waals surface area contributed by atoms with Crippen LogP contribution < -0.4 is 5.32 Å². The molecule has 0 aliphatic carbocycles. The summed E-state index contributed by atoms with van der Waals surface area (Å²) in [4.78, 5) is 25.5. The quantitative estimate of drug-likeness (QED) is 0.767. The fraction of sp³-hybridized carbons (Fsp3) is 0.263. The van der Waals surface area contributed by atoms with Gasteiger partial charge < -0.3 is 15.3 Å². The summed E-state index contributed by atoms with van der Waals surface area (Å²) >= 11 is 0. The van der Waals surface area contributed by atoms with Crippen LogP contribution in [0.15, 0.2) is 54.6 Å². The van der Waals surface area contributed by atoms with Crippen molar-refractivity contribution in [1.82, 2.24) is 4.90 Å². The first-order valence-electron chi connectivity index (χ1n) is 7.92. The van der Waals surface area contributed by atoms with Gasteiger partial charge >= 0.3 is 6.03 Å². The van der Waals surface area contributed by atoms with Gasteiger partial charge in [-0.05, 0) is 43.2 Å². The van der Waals surface area contributed by atoms with E-state index in [2.05, 4.69) is 5.32 Å². The Balaban J connectivity index is 2.04. The molecule has 0 saturated heterocycles. The van der Waals surface area contributed by atoms with Crippen molar-refractivity contribution in [3.05, 3.63) is 65.7 Å². The molecule has 0 atom stereocenters. The number of nitrogens with zero attached hydrogens (tertiary/aromatic N) is 1. The van der Waals surface area contributed by atoms with Crippen molar-refractivity contribution in [3.63, 3.8) is 0 Å². The number of hydrogen-bond donors (Lipinski definition) is 2. The number of ketones is 1. The number of carbonyl (C=O) groups is 2. The maximum Gasteiger partial charge on any atom is 0.322 e. The molecule has 126 valence electrons. The lowest BCUT2D eigenvalue weighted by Crippen LogP contribution is -2.35. The summed E-state index contributed by atoms with van der Waals surface area (Å²) in [5, 5.41) is 11.9. The van der Waals surface area contributed by atoms with E-state index in [0.29, 0.717) is 30.8 Å². The first-order valence-corrected chi connectivity index (χ1v) is 7.92. The van der Waals surface area contributed by atoms with Crippen molar-refractivity contribution in [2.24, 2.45) is 0 Å². The average Bonchev–Trinajstić information content (AvgIpc) is 2.60. The number of aliphatic hydroxyl groups excluding tert-OH is 1. The number of carbonyl (C=O) groups excluding carboxylic acids is 2. The van der Waals surface area contributed by atoms with E-state index in [1.54, 1.807) is 29.2 Å². The molecule has 2 aromatic carbocycles. The van der Waals surface area contributed by atoms with Crippen LogP contribution in [0.25, 0.3) is 0 Å². The largest absolute Gasteiger partial charge is 0.396 e. The molecule has 0 fully saturated rings. The molecule has 5 heteroatoms. The van der Waals surface area contributed by atoms with Crippen molar-refractivity contribution in [2.75, 3.05) is 18.5 Å². The van der Waals surface area contributed by atoms with Gasteiger partial charge in [0.1, 0.15) is 0 Å². The van der Waals surface area contributed by atoms with E-state index in [0.717, 1.165) is 5.56 Å². The standard InChI is InChI=1S/C19H22N2O3/c1-15(23)17-8-10-18(11-9-17)20-19(24)21(12-5-13-22)14-16-6-3-2-4-7-16/h2-4,6-11,22H,5,12-14H2,1H3,(H,20,24). The zero-order valence-corrected chi connectivity index (χ0v) is 13.7. The SMILES string of the molecule is CC(=O)c1ccc(NC(=O)N(CCCO)Cc2ccccc2)cc1. The molecule has 24 heavy (non-hydrogen) atoms. The van der Waals surface area contributed by atoms with Crippen LogP contribution >= 0.6 is 0 Å². The molecule has 0 saturated carbocycles. The smallest absolute Gasteiger partial charge is 0.322 e. The number of aliphatic hydroxyl groups is 1. The van der Waals surface area contributed by atoms with E-state index < -0.39 is 0 Å². The van der Waals surface area contributed by atoms with Crippen molar-refractivity contribution >= 4 is 17.5 Å². The molecule has 0 spiro atoms. The fourth-order valence-corrected chi connectivity index (χ4v) is 2.31. The molecule has 0 aromatic heterocycles. The van der Waals surface area contributed by atoms with E-state index in [1.165, 1.54) is 6.92 Å². The van der Waals surface area contributed by atoms with Crippen LogP contribution in [0.5, 0.6) is 0 Å². The number of hydrogen-bond acceptors (Lipinski definition) is 3. The Morgan fingerprint density at radius 2 is 1.71 bits per heavy atom. The minimum atomic E-state index is -0.233. The first-order chi connectivity index (χ1) is 11.6. The van der Waals surface area contributed by atoms with E-state index >= 15 is 0 Å².